The number of amides is 1. The van der Waals surface area contributed by atoms with Gasteiger partial charge >= 0.3 is 0 Å². The number of carbonyl (C=O) groups excluding carboxylic acids is 1. The van der Waals surface area contributed by atoms with Gasteiger partial charge in [-0.25, -0.2) is 8.42 Å². The van der Waals surface area contributed by atoms with E-state index in [1.165, 1.54) is 31.3 Å². The Hall–Kier alpha value is -3.50. The van der Waals surface area contributed by atoms with E-state index in [0.717, 1.165) is 14.3 Å². The Morgan fingerprint density at radius 3 is 2.36 bits per heavy atom. The molecule has 33 heavy (non-hydrogen) atoms. The first-order valence-corrected chi connectivity index (χ1v) is 12.0. The molecule has 0 saturated heterocycles. The summed E-state index contributed by atoms with van der Waals surface area (Å²) in [5.41, 5.74) is 2.38. The molecular formula is C23H19BrN4O4S. The zero-order valence-corrected chi connectivity index (χ0v) is 20.1. The van der Waals surface area contributed by atoms with Crippen LogP contribution in [-0.2, 0) is 10.0 Å². The number of rotatable bonds is 5. The van der Waals surface area contributed by atoms with Crippen LogP contribution >= 0.6 is 15.9 Å². The van der Waals surface area contributed by atoms with E-state index in [2.05, 4.69) is 31.1 Å². The Balaban J connectivity index is 1.55. The number of hydrogen-bond acceptors (Lipinski definition) is 5. The zero-order valence-electron chi connectivity index (χ0n) is 17.7. The number of aromatic hydroxyl groups is 1. The van der Waals surface area contributed by atoms with Gasteiger partial charge in [0.2, 0.25) is 5.88 Å². The lowest BCUT2D eigenvalue weighted by Gasteiger charge is -2.19. The van der Waals surface area contributed by atoms with Gasteiger partial charge in [-0.2, -0.15) is 0 Å². The van der Waals surface area contributed by atoms with Gasteiger partial charge in [0, 0.05) is 22.5 Å². The average Bonchev–Trinajstić information content (AvgIpc) is 3.11. The van der Waals surface area contributed by atoms with Crippen LogP contribution < -0.4 is 4.31 Å². The van der Waals surface area contributed by atoms with Crippen LogP contribution in [0.5, 0.6) is 5.88 Å². The molecular weight excluding hydrogens is 508 g/mol. The van der Waals surface area contributed by atoms with Crippen LogP contribution in [0.1, 0.15) is 15.9 Å². The third-order valence-corrected chi connectivity index (χ3v) is 7.41. The number of aryl methyl sites for hydroxylation is 1. The topological polar surface area (TPSA) is 115 Å². The number of nitrogens with zero attached hydrogens (tertiary/aromatic N) is 3. The molecule has 0 aliphatic rings. The lowest BCUT2D eigenvalue weighted by molar-refractivity contribution is 0.0995. The van der Waals surface area contributed by atoms with E-state index >= 15 is 0 Å². The third-order valence-electron chi connectivity index (χ3n) is 5.11. The quantitative estimate of drug-likeness (QED) is 0.324. The van der Waals surface area contributed by atoms with Crippen molar-refractivity contribution in [1.29, 1.82) is 0 Å². The molecule has 0 unspecified atom stereocenters. The van der Waals surface area contributed by atoms with Crippen LogP contribution in [0.2, 0.25) is 0 Å². The lowest BCUT2D eigenvalue weighted by Crippen LogP contribution is -2.26. The van der Waals surface area contributed by atoms with Crippen molar-refractivity contribution in [3.05, 3.63) is 82.3 Å². The SMILES string of the molecule is Cc1ccc(S(=O)(=O)N(C)c2ccc(C(=O)N=Nc3c(O)[nH]c4ccc(Br)cc34)cc2)cc1. The first-order chi connectivity index (χ1) is 15.7. The second kappa shape index (κ2) is 8.80. The molecule has 4 rings (SSSR count). The maximum atomic E-state index is 12.9. The van der Waals surface area contributed by atoms with Gasteiger partial charge in [0.05, 0.1) is 16.1 Å². The molecule has 0 aliphatic carbocycles. The van der Waals surface area contributed by atoms with Gasteiger partial charge in [-0.3, -0.25) is 9.10 Å². The van der Waals surface area contributed by atoms with Gasteiger partial charge in [0.1, 0.15) is 0 Å². The molecule has 0 spiro atoms. The summed E-state index contributed by atoms with van der Waals surface area (Å²) >= 11 is 3.36. The van der Waals surface area contributed by atoms with Crippen LogP contribution in [-0.4, -0.2) is 31.5 Å². The summed E-state index contributed by atoms with van der Waals surface area (Å²) in [5, 5.41) is 18.3. The minimum Gasteiger partial charge on any atom is -0.493 e. The molecule has 4 aromatic rings. The van der Waals surface area contributed by atoms with Crippen molar-refractivity contribution in [3.8, 4) is 5.88 Å². The predicted molar refractivity (Wildman–Crippen MR) is 130 cm³/mol. The number of aromatic nitrogens is 1. The zero-order chi connectivity index (χ0) is 23.8. The van der Waals surface area contributed by atoms with Crippen LogP contribution in [0.25, 0.3) is 10.9 Å². The molecule has 0 bridgehead atoms. The molecule has 2 N–H and O–H groups in total. The van der Waals surface area contributed by atoms with Gasteiger partial charge in [0.25, 0.3) is 15.9 Å². The average molecular weight is 527 g/mol. The van der Waals surface area contributed by atoms with Crippen LogP contribution in [0.4, 0.5) is 11.4 Å². The Bertz CT molecular complexity index is 1480. The number of anilines is 1. The van der Waals surface area contributed by atoms with Gasteiger partial charge in [0.15, 0.2) is 5.69 Å². The van der Waals surface area contributed by atoms with E-state index in [0.29, 0.717) is 16.6 Å². The maximum absolute atomic E-state index is 12.9. The number of H-pyrrole nitrogens is 1. The fourth-order valence-corrected chi connectivity index (χ4v) is 4.77. The van der Waals surface area contributed by atoms with Crippen molar-refractivity contribution in [1.82, 2.24) is 4.98 Å². The second-order valence-electron chi connectivity index (χ2n) is 7.35. The van der Waals surface area contributed by atoms with Gasteiger partial charge in [-0.1, -0.05) is 33.6 Å². The molecule has 0 aliphatic heterocycles. The smallest absolute Gasteiger partial charge is 0.295 e. The number of azo groups is 1. The molecule has 3 aromatic carbocycles. The number of sulfonamides is 1. The fraction of sp³-hybridized carbons (Fsp3) is 0.0870. The molecule has 0 radical (unpaired) electrons. The van der Waals surface area contributed by atoms with Crippen molar-refractivity contribution in [2.45, 2.75) is 11.8 Å². The highest BCUT2D eigenvalue weighted by atomic mass is 79.9. The Morgan fingerprint density at radius 1 is 1.03 bits per heavy atom. The van der Waals surface area contributed by atoms with Crippen molar-refractivity contribution < 1.29 is 18.3 Å². The number of benzene rings is 3. The van der Waals surface area contributed by atoms with Gasteiger partial charge < -0.3 is 10.1 Å². The van der Waals surface area contributed by atoms with Crippen LogP contribution in [0, 0.1) is 6.92 Å². The number of halogens is 1. The number of aromatic amines is 1. The molecule has 1 aromatic heterocycles. The highest BCUT2D eigenvalue weighted by molar-refractivity contribution is 9.10. The molecule has 0 fully saturated rings. The summed E-state index contributed by atoms with van der Waals surface area (Å²) in [7, 11) is -2.29. The first kappa shape index (κ1) is 22.7. The lowest BCUT2D eigenvalue weighted by atomic mass is 10.2. The minimum absolute atomic E-state index is 0.153. The van der Waals surface area contributed by atoms with Crippen molar-refractivity contribution in [2.75, 3.05) is 11.4 Å². The second-order valence-corrected chi connectivity index (χ2v) is 10.2. The van der Waals surface area contributed by atoms with E-state index in [1.54, 1.807) is 36.4 Å². The minimum atomic E-state index is -3.74. The summed E-state index contributed by atoms with van der Waals surface area (Å²) in [6, 6.07) is 17.9. The van der Waals surface area contributed by atoms with E-state index in [-0.39, 0.29) is 22.0 Å². The molecule has 1 heterocycles. The van der Waals surface area contributed by atoms with Gasteiger partial charge in [-0.15, -0.1) is 10.2 Å². The number of hydrogen-bond donors (Lipinski definition) is 2. The summed E-state index contributed by atoms with van der Waals surface area (Å²) in [6.45, 7) is 1.88. The summed E-state index contributed by atoms with van der Waals surface area (Å²) < 4.78 is 27.6. The van der Waals surface area contributed by atoms with Crippen LogP contribution in [0.15, 0.2) is 86.3 Å². The highest BCUT2D eigenvalue weighted by Crippen LogP contribution is 2.37. The number of nitrogens with one attached hydrogen (secondary N) is 1. The van der Waals surface area contributed by atoms with Gasteiger partial charge in [-0.05, 0) is 61.5 Å². The van der Waals surface area contributed by atoms with E-state index in [1.807, 2.05) is 13.0 Å². The van der Waals surface area contributed by atoms with Crippen LogP contribution in [0.3, 0.4) is 0 Å². The molecule has 0 atom stereocenters. The highest BCUT2D eigenvalue weighted by Gasteiger charge is 2.21. The molecule has 1 amide bonds. The third kappa shape index (κ3) is 4.53. The summed E-state index contributed by atoms with van der Waals surface area (Å²) in [5.74, 6) is -0.827. The predicted octanol–water partition coefficient (Wildman–Crippen LogP) is 5.69. The molecule has 10 heteroatoms. The van der Waals surface area contributed by atoms with Crippen molar-refractivity contribution in [2.24, 2.45) is 10.2 Å². The fourth-order valence-electron chi connectivity index (χ4n) is 3.21. The number of fused-ring (bicyclic) bond motifs is 1. The molecule has 0 saturated carbocycles. The summed E-state index contributed by atoms with van der Waals surface area (Å²) in [4.78, 5) is 15.4. The van der Waals surface area contributed by atoms with E-state index in [4.69, 9.17) is 0 Å². The maximum Gasteiger partial charge on any atom is 0.295 e. The Labute approximate surface area is 198 Å². The number of carbonyl (C=O) groups is 1. The van der Waals surface area contributed by atoms with E-state index < -0.39 is 15.9 Å². The Morgan fingerprint density at radius 2 is 1.70 bits per heavy atom. The summed E-state index contributed by atoms with van der Waals surface area (Å²) in [6.07, 6.45) is 0. The van der Waals surface area contributed by atoms with Crippen molar-refractivity contribution in [3.63, 3.8) is 0 Å². The first-order valence-electron chi connectivity index (χ1n) is 9.79. The van der Waals surface area contributed by atoms with Crippen molar-refractivity contribution >= 4 is 54.1 Å². The Kier molecular flexibility index (Phi) is 6.05. The standard InChI is InChI=1S/C23H19BrN4O4S/c1-14-3-10-18(11-4-14)33(31,32)28(2)17-8-5-15(6-9-17)22(29)27-26-21-19-13-16(24)7-12-20(19)25-23(21)30/h3-13,25,30H,1-2H3. The van der Waals surface area contributed by atoms with E-state index in [9.17, 15) is 18.3 Å². The normalized spacial score (nSPS) is 11.8. The monoisotopic (exact) mass is 526 g/mol. The largest absolute Gasteiger partial charge is 0.493 e. The molecule has 168 valence electrons. The molecule has 8 nitrogen and oxygen atoms in total.